The molecule has 0 unspecified atom stereocenters. The van der Waals surface area contributed by atoms with Gasteiger partial charge in [-0.05, 0) is 24.3 Å². The molecule has 1 aromatic heterocycles. The van der Waals surface area contributed by atoms with Crippen molar-refractivity contribution in [1.29, 1.82) is 0 Å². The highest BCUT2D eigenvalue weighted by Gasteiger charge is 2.35. The van der Waals surface area contributed by atoms with E-state index in [0.717, 1.165) is 10.5 Å². The van der Waals surface area contributed by atoms with E-state index in [1.165, 1.54) is 12.1 Å². The standard InChI is InChI=1S/C16H12BrF3N2O2/c17-11-4-1-3-10(7-11)15(23)22-8-12(9-22)24-14-6-2-5-13(21-14)16(18,19)20/h1-7,12H,8-9H2. The molecule has 0 atom stereocenters. The highest BCUT2D eigenvalue weighted by atomic mass is 79.9. The molecule has 1 aliphatic rings. The Labute approximate surface area is 144 Å². The molecule has 0 radical (unpaired) electrons. The first-order chi connectivity index (χ1) is 11.3. The number of hydrogen-bond donors (Lipinski definition) is 0. The number of hydrogen-bond acceptors (Lipinski definition) is 3. The Balaban J connectivity index is 1.59. The quantitative estimate of drug-likeness (QED) is 0.787. The lowest BCUT2D eigenvalue weighted by Gasteiger charge is -2.38. The molecule has 126 valence electrons. The first kappa shape index (κ1) is 16.8. The Morgan fingerprint density at radius 1 is 1.21 bits per heavy atom. The average Bonchev–Trinajstić information content (AvgIpc) is 2.49. The summed E-state index contributed by atoms with van der Waals surface area (Å²) in [5.41, 5.74) is -0.457. The van der Waals surface area contributed by atoms with Crippen LogP contribution in [0, 0.1) is 0 Å². The summed E-state index contributed by atoms with van der Waals surface area (Å²) in [5, 5.41) is 0. The zero-order valence-electron chi connectivity index (χ0n) is 12.3. The average molecular weight is 401 g/mol. The van der Waals surface area contributed by atoms with Crippen LogP contribution in [0.5, 0.6) is 5.88 Å². The van der Waals surface area contributed by atoms with Crippen molar-refractivity contribution in [2.24, 2.45) is 0 Å². The molecule has 3 rings (SSSR count). The molecule has 0 aliphatic carbocycles. The first-order valence-corrected chi connectivity index (χ1v) is 7.88. The van der Waals surface area contributed by atoms with Crippen molar-refractivity contribution in [3.05, 3.63) is 58.2 Å². The lowest BCUT2D eigenvalue weighted by Crippen LogP contribution is -2.56. The molecule has 2 heterocycles. The van der Waals surface area contributed by atoms with E-state index in [-0.39, 0.29) is 17.9 Å². The van der Waals surface area contributed by atoms with Crippen molar-refractivity contribution < 1.29 is 22.7 Å². The summed E-state index contributed by atoms with van der Waals surface area (Å²) in [6.45, 7) is 0.618. The topological polar surface area (TPSA) is 42.4 Å². The molecular formula is C16H12BrF3N2O2. The Morgan fingerprint density at radius 2 is 1.92 bits per heavy atom. The summed E-state index contributed by atoms with van der Waals surface area (Å²) in [7, 11) is 0. The van der Waals surface area contributed by atoms with Crippen LogP contribution in [0.25, 0.3) is 0 Å². The Bertz CT molecular complexity index is 761. The smallest absolute Gasteiger partial charge is 0.433 e. The van der Waals surface area contributed by atoms with Gasteiger partial charge in [-0.1, -0.05) is 28.1 Å². The number of alkyl halides is 3. The predicted octanol–water partition coefficient (Wildman–Crippen LogP) is 3.77. The monoisotopic (exact) mass is 400 g/mol. The van der Waals surface area contributed by atoms with E-state index in [4.69, 9.17) is 4.74 Å². The Kier molecular flexibility index (Phi) is 4.49. The van der Waals surface area contributed by atoms with Crippen LogP contribution in [-0.4, -0.2) is 35.0 Å². The second kappa shape index (κ2) is 6.43. The van der Waals surface area contributed by atoms with Gasteiger partial charge in [0.2, 0.25) is 5.88 Å². The lowest BCUT2D eigenvalue weighted by atomic mass is 10.1. The predicted molar refractivity (Wildman–Crippen MR) is 83.7 cm³/mol. The maximum atomic E-state index is 12.6. The minimum absolute atomic E-state index is 0.0932. The van der Waals surface area contributed by atoms with Crippen molar-refractivity contribution in [1.82, 2.24) is 9.88 Å². The highest BCUT2D eigenvalue weighted by molar-refractivity contribution is 9.10. The maximum Gasteiger partial charge on any atom is 0.433 e. The number of likely N-dealkylation sites (tertiary alicyclic amines) is 1. The second-order valence-electron chi connectivity index (χ2n) is 5.32. The molecule has 0 N–H and O–H groups in total. The van der Waals surface area contributed by atoms with Crippen LogP contribution in [0.2, 0.25) is 0 Å². The number of ether oxygens (including phenoxy) is 1. The van der Waals surface area contributed by atoms with Crippen molar-refractivity contribution in [3.63, 3.8) is 0 Å². The van der Waals surface area contributed by atoms with E-state index in [0.29, 0.717) is 18.7 Å². The van der Waals surface area contributed by atoms with Crippen LogP contribution >= 0.6 is 15.9 Å². The molecule has 4 nitrogen and oxygen atoms in total. The Morgan fingerprint density at radius 3 is 2.58 bits per heavy atom. The first-order valence-electron chi connectivity index (χ1n) is 7.09. The van der Waals surface area contributed by atoms with E-state index in [1.54, 1.807) is 23.1 Å². The van der Waals surface area contributed by atoms with Gasteiger partial charge in [0.15, 0.2) is 0 Å². The number of pyridine rings is 1. The summed E-state index contributed by atoms with van der Waals surface area (Å²) < 4.78 is 44.1. The minimum Gasteiger partial charge on any atom is -0.471 e. The summed E-state index contributed by atoms with van der Waals surface area (Å²) in [6, 6.07) is 10.5. The normalized spacial score (nSPS) is 15.1. The van der Waals surface area contributed by atoms with E-state index in [2.05, 4.69) is 20.9 Å². The zero-order valence-corrected chi connectivity index (χ0v) is 13.8. The van der Waals surface area contributed by atoms with Gasteiger partial charge in [-0.25, -0.2) is 4.98 Å². The van der Waals surface area contributed by atoms with Crippen molar-refractivity contribution in [2.45, 2.75) is 12.3 Å². The van der Waals surface area contributed by atoms with Crippen molar-refractivity contribution in [3.8, 4) is 5.88 Å². The van der Waals surface area contributed by atoms with E-state index >= 15 is 0 Å². The number of benzene rings is 1. The summed E-state index contributed by atoms with van der Waals surface area (Å²) in [5.74, 6) is -0.238. The van der Waals surface area contributed by atoms with Crippen LogP contribution in [0.4, 0.5) is 13.2 Å². The third kappa shape index (κ3) is 3.69. The summed E-state index contributed by atoms with van der Waals surface area (Å²) in [4.78, 5) is 17.3. The Hall–Kier alpha value is -2.09. The number of halogens is 4. The molecule has 1 saturated heterocycles. The van der Waals surface area contributed by atoms with Gasteiger partial charge in [0.1, 0.15) is 11.8 Å². The minimum atomic E-state index is -4.51. The number of nitrogens with zero attached hydrogens (tertiary/aromatic N) is 2. The fourth-order valence-electron chi connectivity index (χ4n) is 2.29. The van der Waals surface area contributed by atoms with Crippen LogP contribution in [0.15, 0.2) is 46.9 Å². The SMILES string of the molecule is O=C(c1cccc(Br)c1)N1CC(Oc2cccc(C(F)(F)F)n2)C1. The lowest BCUT2D eigenvalue weighted by molar-refractivity contribution is -0.141. The summed E-state index contributed by atoms with van der Waals surface area (Å²) >= 11 is 3.30. The molecule has 24 heavy (non-hydrogen) atoms. The fourth-order valence-corrected chi connectivity index (χ4v) is 2.69. The molecule has 1 fully saturated rings. The fraction of sp³-hybridized carbons (Fsp3) is 0.250. The molecule has 2 aromatic rings. The van der Waals surface area contributed by atoms with Gasteiger partial charge < -0.3 is 9.64 Å². The van der Waals surface area contributed by atoms with Crippen LogP contribution in [0.3, 0.4) is 0 Å². The molecular weight excluding hydrogens is 389 g/mol. The largest absolute Gasteiger partial charge is 0.471 e. The number of rotatable bonds is 3. The number of aromatic nitrogens is 1. The zero-order chi connectivity index (χ0) is 17.3. The van der Waals surface area contributed by atoms with Gasteiger partial charge in [-0.2, -0.15) is 13.2 Å². The van der Waals surface area contributed by atoms with Crippen molar-refractivity contribution >= 4 is 21.8 Å². The number of carbonyl (C=O) groups excluding carboxylic acids is 1. The molecule has 1 amide bonds. The van der Waals surface area contributed by atoms with Gasteiger partial charge in [-0.15, -0.1) is 0 Å². The van der Waals surface area contributed by atoms with Gasteiger partial charge in [0.25, 0.3) is 5.91 Å². The number of carbonyl (C=O) groups is 1. The second-order valence-corrected chi connectivity index (χ2v) is 6.23. The summed E-state index contributed by atoms with van der Waals surface area (Å²) in [6.07, 6.45) is -4.88. The molecule has 1 aromatic carbocycles. The van der Waals surface area contributed by atoms with Gasteiger partial charge in [0.05, 0.1) is 13.1 Å². The maximum absolute atomic E-state index is 12.6. The molecule has 8 heteroatoms. The van der Waals surface area contributed by atoms with Gasteiger partial charge >= 0.3 is 6.18 Å². The molecule has 0 spiro atoms. The van der Waals surface area contributed by atoms with E-state index in [1.807, 2.05) is 6.07 Å². The van der Waals surface area contributed by atoms with E-state index in [9.17, 15) is 18.0 Å². The molecule has 0 saturated carbocycles. The molecule has 0 bridgehead atoms. The van der Waals surface area contributed by atoms with E-state index < -0.39 is 11.9 Å². The van der Waals surface area contributed by atoms with Crippen LogP contribution in [0.1, 0.15) is 16.1 Å². The van der Waals surface area contributed by atoms with Crippen molar-refractivity contribution in [2.75, 3.05) is 13.1 Å². The van der Waals surface area contributed by atoms with Crippen LogP contribution < -0.4 is 4.74 Å². The number of amides is 1. The third-order valence-corrected chi connectivity index (χ3v) is 4.00. The van der Waals surface area contributed by atoms with Gasteiger partial charge in [0, 0.05) is 16.1 Å². The third-order valence-electron chi connectivity index (χ3n) is 3.51. The van der Waals surface area contributed by atoms with Gasteiger partial charge in [-0.3, -0.25) is 4.79 Å². The van der Waals surface area contributed by atoms with Crippen LogP contribution in [-0.2, 0) is 6.18 Å². The molecule has 1 aliphatic heterocycles. The highest BCUT2D eigenvalue weighted by Crippen LogP contribution is 2.29.